The number of carbonyl (C=O) groups is 1. The van der Waals surface area contributed by atoms with Crippen molar-refractivity contribution in [2.24, 2.45) is 10.3 Å². The summed E-state index contributed by atoms with van der Waals surface area (Å²) in [5, 5.41) is 25.9. The molecule has 10 heteroatoms. The van der Waals surface area contributed by atoms with Gasteiger partial charge in [-0.2, -0.15) is 9.78 Å². The second-order valence-electron chi connectivity index (χ2n) is 5.65. The highest BCUT2D eigenvalue weighted by molar-refractivity contribution is 6.83. The van der Waals surface area contributed by atoms with Gasteiger partial charge in [-0.15, -0.1) is 22.5 Å². The molecule has 0 radical (unpaired) electrons. The van der Waals surface area contributed by atoms with E-state index in [0.29, 0.717) is 11.6 Å². The lowest BCUT2D eigenvalue weighted by atomic mass is 10.2. The molecule has 0 aromatic carbocycles. The van der Waals surface area contributed by atoms with Gasteiger partial charge in [0.1, 0.15) is 11.3 Å². The Morgan fingerprint density at radius 1 is 1.50 bits per heavy atom. The molecule has 9 nitrogen and oxygen atoms in total. The Labute approximate surface area is 144 Å². The second-order valence-corrected chi connectivity index (χ2v) is 6.01. The Bertz CT molecular complexity index is 696. The highest BCUT2D eigenvalue weighted by Crippen LogP contribution is 2.08. The van der Waals surface area contributed by atoms with Gasteiger partial charge >= 0.3 is 6.09 Å². The number of nitrogens with zero attached hydrogens (tertiary/aromatic N) is 5. The van der Waals surface area contributed by atoms with Crippen LogP contribution in [-0.4, -0.2) is 42.7 Å². The number of nitrogens with one attached hydrogen (secondary N) is 1. The molecule has 1 heterocycles. The van der Waals surface area contributed by atoms with Crippen LogP contribution >= 0.6 is 11.6 Å². The van der Waals surface area contributed by atoms with Crippen molar-refractivity contribution in [1.82, 2.24) is 20.2 Å². The first-order valence-electron chi connectivity index (χ1n) is 6.95. The molecule has 0 spiro atoms. The third-order valence-corrected chi connectivity index (χ3v) is 2.76. The maximum atomic E-state index is 11.7. The van der Waals surface area contributed by atoms with E-state index in [0.717, 1.165) is 0 Å². The van der Waals surface area contributed by atoms with E-state index in [4.69, 9.17) is 28.0 Å². The summed E-state index contributed by atoms with van der Waals surface area (Å²) in [5.74, 6) is 3.13. The van der Waals surface area contributed by atoms with Crippen molar-refractivity contribution in [1.29, 1.82) is 0 Å². The fourth-order valence-electron chi connectivity index (χ4n) is 1.53. The Kier molecular flexibility index (Phi) is 6.73. The van der Waals surface area contributed by atoms with Gasteiger partial charge in [0.15, 0.2) is 16.8 Å². The molecule has 1 rings (SSSR count). The Hall–Kier alpha value is -2.60. The lowest BCUT2D eigenvalue weighted by Crippen LogP contribution is -2.32. The van der Waals surface area contributed by atoms with E-state index in [2.05, 4.69) is 31.7 Å². The van der Waals surface area contributed by atoms with E-state index in [9.17, 15) is 4.79 Å². The van der Waals surface area contributed by atoms with Crippen LogP contribution in [0.1, 0.15) is 38.8 Å². The van der Waals surface area contributed by atoms with Crippen LogP contribution in [0.5, 0.6) is 0 Å². The smallest absolute Gasteiger partial charge is 0.408 e. The topological polar surface area (TPSA) is 114 Å². The van der Waals surface area contributed by atoms with Crippen LogP contribution in [0.15, 0.2) is 10.3 Å². The number of hydrogen-bond donors (Lipinski definition) is 2. The van der Waals surface area contributed by atoms with Gasteiger partial charge in [0, 0.05) is 0 Å². The highest BCUT2D eigenvalue weighted by Gasteiger charge is 2.17. The van der Waals surface area contributed by atoms with Crippen molar-refractivity contribution in [3.8, 4) is 12.3 Å². The molecule has 0 unspecified atom stereocenters. The van der Waals surface area contributed by atoms with E-state index in [1.807, 2.05) is 0 Å². The summed E-state index contributed by atoms with van der Waals surface area (Å²) in [4.78, 5) is 11.7. The third-order valence-electron chi connectivity index (χ3n) is 2.47. The molecule has 0 bridgehead atoms. The van der Waals surface area contributed by atoms with Crippen LogP contribution < -0.4 is 5.32 Å². The summed E-state index contributed by atoms with van der Waals surface area (Å²) < 4.78 is 6.48. The summed E-state index contributed by atoms with van der Waals surface area (Å²) >= 11 is 5.76. The van der Waals surface area contributed by atoms with E-state index < -0.39 is 11.7 Å². The largest absolute Gasteiger partial charge is 0.444 e. The van der Waals surface area contributed by atoms with Gasteiger partial charge in [-0.3, -0.25) is 0 Å². The Morgan fingerprint density at radius 2 is 2.17 bits per heavy atom. The number of carbonyl (C=O) groups excluding carboxylic acids is 1. The van der Waals surface area contributed by atoms with Crippen LogP contribution in [0.3, 0.4) is 0 Å². The molecular weight excluding hydrogens is 336 g/mol. The minimum atomic E-state index is -0.614. The Morgan fingerprint density at radius 3 is 2.71 bits per heavy atom. The SMILES string of the molecule is C#CCC(=N\n1c(C)nnc1CNC(=O)OC(C)(C)C)/C(Cl)=N/O. The van der Waals surface area contributed by atoms with Crippen molar-refractivity contribution in [3.05, 3.63) is 11.6 Å². The van der Waals surface area contributed by atoms with Crippen molar-refractivity contribution in [3.63, 3.8) is 0 Å². The van der Waals surface area contributed by atoms with Crippen LogP contribution in [-0.2, 0) is 11.3 Å². The van der Waals surface area contributed by atoms with E-state index in [1.54, 1.807) is 27.7 Å². The summed E-state index contributed by atoms with van der Waals surface area (Å²) in [7, 11) is 0. The summed E-state index contributed by atoms with van der Waals surface area (Å²) in [6.07, 6.45) is 4.69. The van der Waals surface area contributed by atoms with Gasteiger partial charge in [0.25, 0.3) is 0 Å². The molecule has 1 amide bonds. The summed E-state index contributed by atoms with van der Waals surface area (Å²) in [6.45, 7) is 6.95. The van der Waals surface area contributed by atoms with Crippen molar-refractivity contribution in [2.75, 3.05) is 0 Å². The van der Waals surface area contributed by atoms with Crippen LogP contribution in [0, 0.1) is 19.3 Å². The van der Waals surface area contributed by atoms with Gasteiger partial charge in [-0.25, -0.2) is 4.79 Å². The lowest BCUT2D eigenvalue weighted by molar-refractivity contribution is 0.0521. The molecule has 0 aliphatic heterocycles. The molecule has 0 aliphatic carbocycles. The van der Waals surface area contributed by atoms with Gasteiger partial charge in [0.2, 0.25) is 0 Å². The molecule has 24 heavy (non-hydrogen) atoms. The van der Waals surface area contributed by atoms with Crippen molar-refractivity contribution >= 4 is 28.6 Å². The second kappa shape index (κ2) is 8.31. The van der Waals surface area contributed by atoms with E-state index >= 15 is 0 Å². The molecule has 0 saturated carbocycles. The maximum Gasteiger partial charge on any atom is 0.408 e. The molecule has 2 N–H and O–H groups in total. The number of terminal acetylenes is 1. The average Bonchev–Trinajstić information content (AvgIpc) is 2.83. The van der Waals surface area contributed by atoms with Crippen LogP contribution in [0.25, 0.3) is 0 Å². The maximum absolute atomic E-state index is 11.7. The van der Waals surface area contributed by atoms with Gasteiger partial charge in [0.05, 0.1) is 13.0 Å². The number of rotatable bonds is 5. The molecule has 1 aromatic rings. The predicted molar refractivity (Wildman–Crippen MR) is 89.2 cm³/mol. The molecule has 130 valence electrons. The molecular formula is C14H19ClN6O3. The summed E-state index contributed by atoms with van der Waals surface area (Å²) in [5.41, 5.74) is -0.459. The quantitative estimate of drug-likeness (QED) is 0.362. The van der Waals surface area contributed by atoms with Crippen molar-refractivity contribution < 1.29 is 14.7 Å². The average molecular weight is 355 g/mol. The number of hydrogen-bond acceptors (Lipinski definition) is 7. The molecule has 0 atom stereocenters. The first-order valence-corrected chi connectivity index (χ1v) is 7.32. The standard InChI is InChI=1S/C14H19ClN6O3/c1-6-7-10(12(15)20-23)19-21-9(2)17-18-11(21)8-16-13(22)24-14(3,4)5/h1,23H,7-8H2,2-5H3,(H,16,22)/b19-10+,20-12-. The number of aromatic nitrogens is 3. The first kappa shape index (κ1) is 19.4. The minimum Gasteiger partial charge on any atom is -0.444 e. The number of amides is 1. The normalized spacial score (nSPS) is 12.7. The molecule has 0 fully saturated rings. The number of alkyl carbamates (subject to hydrolysis) is 1. The molecule has 0 saturated heterocycles. The summed E-state index contributed by atoms with van der Waals surface area (Å²) in [6, 6.07) is 0. The molecule has 1 aromatic heterocycles. The first-order chi connectivity index (χ1) is 11.2. The zero-order valence-electron chi connectivity index (χ0n) is 13.9. The number of halogens is 1. The number of ether oxygens (including phenoxy) is 1. The fourth-order valence-corrected chi connectivity index (χ4v) is 1.64. The van der Waals surface area contributed by atoms with Crippen molar-refractivity contribution in [2.45, 2.75) is 46.3 Å². The number of oxime groups is 1. The highest BCUT2D eigenvalue weighted by atomic mass is 35.5. The van der Waals surface area contributed by atoms with Crippen LogP contribution in [0.4, 0.5) is 4.79 Å². The van der Waals surface area contributed by atoms with E-state index in [1.165, 1.54) is 4.68 Å². The zero-order valence-corrected chi connectivity index (χ0v) is 14.6. The third kappa shape index (κ3) is 5.89. The molecule has 0 aliphatic rings. The Balaban J connectivity index is 2.97. The van der Waals surface area contributed by atoms with Gasteiger partial charge in [-0.1, -0.05) is 16.8 Å². The number of aryl methyl sites for hydroxylation is 1. The fraction of sp³-hybridized carbons (Fsp3) is 0.500. The van der Waals surface area contributed by atoms with E-state index in [-0.39, 0.29) is 23.8 Å². The van der Waals surface area contributed by atoms with Gasteiger partial charge < -0.3 is 15.3 Å². The predicted octanol–water partition coefficient (Wildman–Crippen LogP) is 1.87. The van der Waals surface area contributed by atoms with Crippen LogP contribution in [0.2, 0.25) is 0 Å². The monoisotopic (exact) mass is 354 g/mol. The lowest BCUT2D eigenvalue weighted by Gasteiger charge is -2.19. The van der Waals surface area contributed by atoms with Gasteiger partial charge in [-0.05, 0) is 27.7 Å². The minimum absolute atomic E-state index is 0.0243. The zero-order chi connectivity index (χ0) is 18.3.